The normalized spacial score (nSPS) is 21.5. The summed E-state index contributed by atoms with van der Waals surface area (Å²) in [6.45, 7) is 2.07. The van der Waals surface area contributed by atoms with Crippen LogP contribution in [0.2, 0.25) is 5.02 Å². The molecule has 0 N–H and O–H groups in total. The van der Waals surface area contributed by atoms with Crippen LogP contribution in [0.15, 0.2) is 24.3 Å². The van der Waals surface area contributed by atoms with Crippen molar-refractivity contribution in [1.29, 1.82) is 0 Å². The lowest BCUT2D eigenvalue weighted by Gasteiger charge is -2.33. The summed E-state index contributed by atoms with van der Waals surface area (Å²) in [5.41, 5.74) is 0.764. The smallest absolute Gasteiger partial charge is 0.0882 e. The third-order valence-corrected chi connectivity index (χ3v) is 4.72. The molecule has 0 amide bonds. The van der Waals surface area contributed by atoms with Gasteiger partial charge in [0.05, 0.1) is 10.5 Å². The molecule has 88 valence electrons. The molecule has 1 nitrogen and oxygen atoms in total. The number of alkyl halides is 1. The lowest BCUT2D eigenvalue weighted by Crippen LogP contribution is -2.42. The lowest BCUT2D eigenvalue weighted by molar-refractivity contribution is -0.00383. The van der Waals surface area contributed by atoms with E-state index < -0.39 is 0 Å². The van der Waals surface area contributed by atoms with Crippen molar-refractivity contribution in [2.24, 2.45) is 0 Å². The van der Waals surface area contributed by atoms with Gasteiger partial charge in [0.2, 0.25) is 0 Å². The van der Waals surface area contributed by atoms with Crippen molar-refractivity contribution in [3.63, 3.8) is 0 Å². The van der Waals surface area contributed by atoms with E-state index in [0.29, 0.717) is 0 Å². The molecule has 3 heteroatoms. The number of ether oxygens (including phenoxy) is 1. The quantitative estimate of drug-likeness (QED) is 0.741. The zero-order chi connectivity index (χ0) is 11.8. The highest BCUT2D eigenvalue weighted by Crippen LogP contribution is 2.53. The van der Waals surface area contributed by atoms with Crippen LogP contribution < -0.4 is 0 Å². The molecule has 0 unspecified atom stereocenters. The predicted molar refractivity (Wildman–Crippen MR) is 68.4 cm³/mol. The first-order chi connectivity index (χ1) is 7.51. The van der Waals surface area contributed by atoms with Gasteiger partial charge in [0.25, 0.3) is 0 Å². The summed E-state index contributed by atoms with van der Waals surface area (Å²) in [5, 5.41) is 0.784. The van der Waals surface area contributed by atoms with Crippen molar-refractivity contribution >= 4 is 23.2 Å². The zero-order valence-corrected chi connectivity index (χ0v) is 11.1. The Morgan fingerprint density at radius 1 is 1.38 bits per heavy atom. The molecule has 1 aromatic rings. The highest BCUT2D eigenvalue weighted by molar-refractivity contribution is 6.31. The molecule has 0 spiro atoms. The van der Waals surface area contributed by atoms with Gasteiger partial charge in [-0.3, -0.25) is 0 Å². The fourth-order valence-electron chi connectivity index (χ4n) is 2.06. The summed E-state index contributed by atoms with van der Waals surface area (Å²) in [5.74, 6) is 0. The number of methoxy groups -OCH3 is 1. The minimum Gasteiger partial charge on any atom is -0.376 e. The predicted octanol–water partition coefficient (Wildman–Crippen LogP) is 4.06. The molecule has 1 saturated carbocycles. The first-order valence-corrected chi connectivity index (χ1v) is 6.24. The molecule has 0 bridgehead atoms. The van der Waals surface area contributed by atoms with Gasteiger partial charge in [0.15, 0.2) is 0 Å². The highest BCUT2D eigenvalue weighted by atomic mass is 35.5. The first kappa shape index (κ1) is 12.2. The minimum atomic E-state index is -0.334. The van der Waals surface area contributed by atoms with Crippen LogP contribution >= 0.6 is 23.2 Å². The van der Waals surface area contributed by atoms with E-state index in [0.717, 1.165) is 29.8 Å². The van der Waals surface area contributed by atoms with E-state index in [4.69, 9.17) is 27.9 Å². The third-order valence-electron chi connectivity index (χ3n) is 3.57. The van der Waals surface area contributed by atoms with Crippen molar-refractivity contribution in [2.75, 3.05) is 7.11 Å². The van der Waals surface area contributed by atoms with E-state index >= 15 is 0 Å². The summed E-state index contributed by atoms with van der Waals surface area (Å²) in [7, 11) is 1.72. The molecule has 1 fully saturated rings. The zero-order valence-electron chi connectivity index (χ0n) is 9.59. The van der Waals surface area contributed by atoms with Gasteiger partial charge < -0.3 is 4.74 Å². The van der Waals surface area contributed by atoms with Crippen molar-refractivity contribution in [1.82, 2.24) is 0 Å². The van der Waals surface area contributed by atoms with E-state index in [1.54, 1.807) is 7.11 Å². The number of rotatable bonds is 4. The average molecular weight is 259 g/mol. The summed E-state index contributed by atoms with van der Waals surface area (Å²) < 4.78 is 5.63. The van der Waals surface area contributed by atoms with E-state index in [2.05, 4.69) is 6.92 Å². The molecule has 0 radical (unpaired) electrons. The van der Waals surface area contributed by atoms with Crippen LogP contribution in [-0.4, -0.2) is 17.6 Å². The monoisotopic (exact) mass is 258 g/mol. The number of halogens is 2. The summed E-state index contributed by atoms with van der Waals surface area (Å²) in [6.07, 6.45) is 2.79. The van der Waals surface area contributed by atoms with Crippen LogP contribution in [0, 0.1) is 0 Å². The van der Waals surface area contributed by atoms with Gasteiger partial charge in [-0.05, 0) is 31.4 Å². The van der Waals surface area contributed by atoms with Gasteiger partial charge in [-0.25, -0.2) is 0 Å². The Morgan fingerprint density at radius 3 is 2.50 bits per heavy atom. The number of hydrogen-bond acceptors (Lipinski definition) is 1. The minimum absolute atomic E-state index is 0.207. The van der Waals surface area contributed by atoms with Crippen LogP contribution in [0.5, 0.6) is 0 Å². The molecule has 0 aromatic heterocycles. The maximum absolute atomic E-state index is 6.49. The molecule has 1 atom stereocenters. The number of benzene rings is 1. The Balaban J connectivity index is 2.22. The molecule has 0 heterocycles. The van der Waals surface area contributed by atoms with Gasteiger partial charge >= 0.3 is 0 Å². The molecule has 1 aromatic carbocycles. The highest BCUT2D eigenvalue weighted by Gasteiger charge is 2.56. The molecule has 0 saturated heterocycles. The average Bonchev–Trinajstić information content (AvgIpc) is 3.01. The third kappa shape index (κ3) is 2.09. The van der Waals surface area contributed by atoms with Gasteiger partial charge in [-0.15, -0.1) is 11.6 Å². The fourth-order valence-corrected chi connectivity index (χ4v) is 2.50. The summed E-state index contributed by atoms with van der Waals surface area (Å²) in [4.78, 5) is -0.207. The van der Waals surface area contributed by atoms with Crippen LogP contribution in [0.1, 0.15) is 25.3 Å². The Labute approximate surface area is 107 Å². The maximum atomic E-state index is 6.49. The topological polar surface area (TPSA) is 9.23 Å². The molecule has 2 rings (SSSR count). The first-order valence-electron chi connectivity index (χ1n) is 5.48. The lowest BCUT2D eigenvalue weighted by atomic mass is 9.91. The molecule has 16 heavy (non-hydrogen) atoms. The summed E-state index contributed by atoms with van der Waals surface area (Å²) >= 11 is 12.6. The molecule has 1 aliphatic rings. The van der Waals surface area contributed by atoms with Crippen molar-refractivity contribution in [2.45, 2.75) is 36.7 Å². The van der Waals surface area contributed by atoms with Crippen LogP contribution in [0.3, 0.4) is 0 Å². The Kier molecular flexibility index (Phi) is 3.22. The van der Waals surface area contributed by atoms with E-state index in [9.17, 15) is 0 Å². The SMILES string of the molecule is CO[C@@](C)(Cc1ccccc1Cl)C1(Cl)CC1. The van der Waals surface area contributed by atoms with Crippen LogP contribution in [0.25, 0.3) is 0 Å². The Morgan fingerprint density at radius 2 is 2.00 bits per heavy atom. The Hall–Kier alpha value is -0.240. The molecule has 1 aliphatic carbocycles. The molecule has 0 aliphatic heterocycles. The van der Waals surface area contributed by atoms with E-state index in [1.807, 2.05) is 24.3 Å². The second-order valence-electron chi connectivity index (χ2n) is 4.67. The van der Waals surface area contributed by atoms with E-state index in [-0.39, 0.29) is 10.5 Å². The van der Waals surface area contributed by atoms with Gasteiger partial charge in [-0.1, -0.05) is 29.8 Å². The molecular formula is C13H16Cl2O. The van der Waals surface area contributed by atoms with Crippen LogP contribution in [-0.2, 0) is 11.2 Å². The maximum Gasteiger partial charge on any atom is 0.0882 e. The molecular weight excluding hydrogens is 243 g/mol. The van der Waals surface area contributed by atoms with E-state index in [1.165, 1.54) is 0 Å². The van der Waals surface area contributed by atoms with Gasteiger partial charge in [-0.2, -0.15) is 0 Å². The number of hydrogen-bond donors (Lipinski definition) is 0. The Bertz CT molecular complexity index is 387. The van der Waals surface area contributed by atoms with Gasteiger partial charge in [0, 0.05) is 18.6 Å². The van der Waals surface area contributed by atoms with Crippen molar-refractivity contribution < 1.29 is 4.74 Å². The van der Waals surface area contributed by atoms with Crippen molar-refractivity contribution in [3.8, 4) is 0 Å². The summed E-state index contributed by atoms with van der Waals surface area (Å²) in [6, 6.07) is 7.86. The van der Waals surface area contributed by atoms with Crippen molar-refractivity contribution in [3.05, 3.63) is 34.9 Å². The second kappa shape index (κ2) is 4.21. The fraction of sp³-hybridized carbons (Fsp3) is 0.538. The van der Waals surface area contributed by atoms with Crippen LogP contribution in [0.4, 0.5) is 0 Å². The van der Waals surface area contributed by atoms with Gasteiger partial charge in [0.1, 0.15) is 0 Å². The standard InChI is InChI=1S/C13H16Cl2O/c1-12(16-2,13(15)7-8-13)9-10-5-3-4-6-11(10)14/h3-6H,7-9H2,1-2H3/t12-/m0/s1. The second-order valence-corrected chi connectivity index (χ2v) is 5.80. The largest absolute Gasteiger partial charge is 0.376 e.